The Bertz CT molecular complexity index is 515. The van der Waals surface area contributed by atoms with Gasteiger partial charge in [-0.25, -0.2) is 0 Å². The van der Waals surface area contributed by atoms with Crippen LogP contribution in [0.1, 0.15) is 50.4 Å². The molecule has 1 unspecified atom stereocenters. The molecule has 0 aliphatic rings. The molecule has 0 radical (unpaired) electrons. The molecule has 0 aliphatic heterocycles. The van der Waals surface area contributed by atoms with Gasteiger partial charge in [-0.05, 0) is 31.4 Å². The first-order valence-corrected chi connectivity index (χ1v) is 7.16. The average molecular weight is 293 g/mol. The number of nitro groups is 1. The van der Waals surface area contributed by atoms with Gasteiger partial charge in [0, 0.05) is 17.7 Å². The third-order valence-corrected chi connectivity index (χ3v) is 3.29. The van der Waals surface area contributed by atoms with Gasteiger partial charge in [-0.1, -0.05) is 26.7 Å². The largest absolute Gasteiger partial charge is 0.393 e. The fourth-order valence-corrected chi connectivity index (χ4v) is 2.05. The lowest BCUT2D eigenvalue weighted by molar-refractivity contribution is -0.383. The van der Waals surface area contributed by atoms with Crippen LogP contribution in [0, 0.1) is 16.0 Å². The van der Waals surface area contributed by atoms with Crippen LogP contribution >= 0.6 is 0 Å². The van der Waals surface area contributed by atoms with Gasteiger partial charge in [0.2, 0.25) is 0 Å². The Morgan fingerprint density at radius 1 is 1.33 bits per heavy atom. The summed E-state index contributed by atoms with van der Waals surface area (Å²) in [5, 5.41) is 13.7. The van der Waals surface area contributed by atoms with E-state index in [1.807, 2.05) is 6.92 Å². The number of nitrogens with zero attached hydrogens (tertiary/aromatic N) is 1. The average Bonchev–Trinajstić information content (AvgIpc) is 2.38. The summed E-state index contributed by atoms with van der Waals surface area (Å²) in [6, 6.07) is 4.13. The van der Waals surface area contributed by atoms with Gasteiger partial charge in [0.05, 0.1) is 4.92 Å². The van der Waals surface area contributed by atoms with Crippen LogP contribution in [0.25, 0.3) is 0 Å². The van der Waals surface area contributed by atoms with E-state index in [0.717, 1.165) is 19.3 Å². The highest BCUT2D eigenvalue weighted by Gasteiger charge is 2.16. The van der Waals surface area contributed by atoms with E-state index in [2.05, 4.69) is 19.2 Å². The topological polar surface area (TPSA) is 98.3 Å². The number of nitrogens with one attached hydrogen (secondary N) is 1. The normalized spacial score (nSPS) is 12.2. The molecule has 1 aromatic carbocycles. The highest BCUT2D eigenvalue weighted by molar-refractivity contribution is 5.95. The molecule has 1 amide bonds. The van der Waals surface area contributed by atoms with Crippen LogP contribution in [0.3, 0.4) is 0 Å². The molecule has 3 N–H and O–H groups in total. The molecule has 0 bridgehead atoms. The van der Waals surface area contributed by atoms with Crippen molar-refractivity contribution < 1.29 is 9.72 Å². The Labute approximate surface area is 124 Å². The predicted octanol–water partition coefficient (Wildman–Crippen LogP) is 3.12. The Morgan fingerprint density at radius 3 is 2.57 bits per heavy atom. The summed E-state index contributed by atoms with van der Waals surface area (Å²) in [6.07, 6.45) is 3.05. The van der Waals surface area contributed by atoms with Crippen molar-refractivity contribution in [3.05, 3.63) is 33.9 Å². The summed E-state index contributed by atoms with van der Waals surface area (Å²) >= 11 is 0. The third kappa shape index (κ3) is 5.41. The minimum Gasteiger partial charge on any atom is -0.393 e. The van der Waals surface area contributed by atoms with Crippen LogP contribution in [-0.2, 0) is 0 Å². The highest BCUT2D eigenvalue weighted by atomic mass is 16.6. The maximum atomic E-state index is 12.1. The molecule has 1 rings (SSSR count). The summed E-state index contributed by atoms with van der Waals surface area (Å²) in [6.45, 7) is 6.26. The molecular weight excluding hydrogens is 270 g/mol. The Balaban J connectivity index is 2.63. The standard InChI is InChI=1S/C15H23N3O3/c1-10(2)5-4-6-11(3)17-15(19)12-7-8-13(16)14(9-12)18(20)21/h7-11H,4-6,16H2,1-3H3,(H,17,19). The monoisotopic (exact) mass is 293 g/mol. The molecule has 1 atom stereocenters. The first kappa shape index (κ1) is 16.9. The lowest BCUT2D eigenvalue weighted by atomic mass is 10.0. The fraction of sp³-hybridized carbons (Fsp3) is 0.533. The van der Waals surface area contributed by atoms with Crippen molar-refractivity contribution in [2.75, 3.05) is 5.73 Å². The predicted molar refractivity (Wildman–Crippen MR) is 83.1 cm³/mol. The van der Waals surface area contributed by atoms with Gasteiger partial charge in [0.15, 0.2) is 0 Å². The number of nitrogen functional groups attached to an aromatic ring is 1. The van der Waals surface area contributed by atoms with Gasteiger partial charge in [0.1, 0.15) is 5.69 Å². The van der Waals surface area contributed by atoms with Gasteiger partial charge in [-0.2, -0.15) is 0 Å². The van der Waals surface area contributed by atoms with Crippen LogP contribution in [0.15, 0.2) is 18.2 Å². The molecule has 0 saturated heterocycles. The summed E-state index contributed by atoms with van der Waals surface area (Å²) in [5.74, 6) is 0.336. The molecule has 116 valence electrons. The van der Waals surface area contributed by atoms with Crippen molar-refractivity contribution in [2.24, 2.45) is 5.92 Å². The Kier molecular flexibility index (Phi) is 6.14. The smallest absolute Gasteiger partial charge is 0.292 e. The van der Waals surface area contributed by atoms with Crippen molar-refractivity contribution in [1.29, 1.82) is 0 Å². The number of rotatable bonds is 7. The zero-order chi connectivity index (χ0) is 16.0. The van der Waals surface area contributed by atoms with E-state index in [-0.39, 0.29) is 28.9 Å². The van der Waals surface area contributed by atoms with Gasteiger partial charge in [-0.15, -0.1) is 0 Å². The summed E-state index contributed by atoms with van der Waals surface area (Å²) in [4.78, 5) is 22.3. The summed E-state index contributed by atoms with van der Waals surface area (Å²) < 4.78 is 0. The van der Waals surface area contributed by atoms with Gasteiger partial charge < -0.3 is 11.1 Å². The van der Waals surface area contributed by atoms with E-state index in [4.69, 9.17) is 5.73 Å². The minimum atomic E-state index is -0.585. The number of nitrogens with two attached hydrogens (primary N) is 1. The number of carbonyl (C=O) groups excluding carboxylic acids is 1. The number of nitro benzene ring substituents is 1. The molecule has 0 aliphatic carbocycles. The van der Waals surface area contributed by atoms with E-state index in [1.54, 1.807) is 0 Å². The van der Waals surface area contributed by atoms with E-state index >= 15 is 0 Å². The second-order valence-corrected chi connectivity index (χ2v) is 5.73. The SMILES string of the molecule is CC(C)CCCC(C)NC(=O)c1ccc(N)c([N+](=O)[O-])c1. The maximum absolute atomic E-state index is 12.1. The van der Waals surface area contributed by atoms with Crippen molar-refractivity contribution in [3.8, 4) is 0 Å². The molecule has 1 aromatic rings. The third-order valence-electron chi connectivity index (χ3n) is 3.29. The van der Waals surface area contributed by atoms with Crippen molar-refractivity contribution in [1.82, 2.24) is 5.32 Å². The number of hydrogen-bond donors (Lipinski definition) is 2. The fourth-order valence-electron chi connectivity index (χ4n) is 2.05. The first-order valence-electron chi connectivity index (χ1n) is 7.16. The quantitative estimate of drug-likeness (QED) is 0.458. The Morgan fingerprint density at radius 2 is 2.00 bits per heavy atom. The van der Waals surface area contributed by atoms with Crippen LogP contribution in [0.4, 0.5) is 11.4 Å². The molecule has 6 heteroatoms. The van der Waals surface area contributed by atoms with Crippen molar-refractivity contribution in [3.63, 3.8) is 0 Å². The molecule has 0 heterocycles. The number of hydrogen-bond acceptors (Lipinski definition) is 4. The lowest BCUT2D eigenvalue weighted by Gasteiger charge is -2.14. The van der Waals surface area contributed by atoms with E-state index in [0.29, 0.717) is 5.92 Å². The van der Waals surface area contributed by atoms with Gasteiger partial charge >= 0.3 is 0 Å². The second-order valence-electron chi connectivity index (χ2n) is 5.73. The van der Waals surface area contributed by atoms with Crippen LogP contribution in [-0.4, -0.2) is 16.9 Å². The zero-order valence-corrected chi connectivity index (χ0v) is 12.8. The molecule has 0 saturated carbocycles. The number of anilines is 1. The maximum Gasteiger partial charge on any atom is 0.292 e. The highest BCUT2D eigenvalue weighted by Crippen LogP contribution is 2.22. The Hall–Kier alpha value is -2.11. The zero-order valence-electron chi connectivity index (χ0n) is 12.8. The van der Waals surface area contributed by atoms with Gasteiger partial charge in [0.25, 0.3) is 11.6 Å². The number of amides is 1. The summed E-state index contributed by atoms with van der Waals surface area (Å²) in [5.41, 5.74) is 5.58. The van der Waals surface area contributed by atoms with Crippen LogP contribution in [0.2, 0.25) is 0 Å². The molecule has 6 nitrogen and oxygen atoms in total. The molecule has 0 aromatic heterocycles. The second kappa shape index (κ2) is 7.61. The van der Waals surface area contributed by atoms with E-state index in [9.17, 15) is 14.9 Å². The molecular formula is C15H23N3O3. The van der Waals surface area contributed by atoms with Crippen LogP contribution < -0.4 is 11.1 Å². The minimum absolute atomic E-state index is 0.0351. The van der Waals surface area contributed by atoms with Gasteiger partial charge in [-0.3, -0.25) is 14.9 Å². The van der Waals surface area contributed by atoms with E-state index < -0.39 is 4.92 Å². The molecule has 0 fully saturated rings. The number of benzene rings is 1. The summed E-state index contributed by atoms with van der Waals surface area (Å²) in [7, 11) is 0. The first-order chi connectivity index (χ1) is 9.81. The molecule has 21 heavy (non-hydrogen) atoms. The molecule has 0 spiro atoms. The van der Waals surface area contributed by atoms with Crippen LogP contribution in [0.5, 0.6) is 0 Å². The number of carbonyl (C=O) groups is 1. The van der Waals surface area contributed by atoms with Crippen molar-refractivity contribution in [2.45, 2.75) is 46.1 Å². The van der Waals surface area contributed by atoms with E-state index in [1.165, 1.54) is 18.2 Å². The lowest BCUT2D eigenvalue weighted by Crippen LogP contribution is -2.32. The van der Waals surface area contributed by atoms with Crippen molar-refractivity contribution >= 4 is 17.3 Å².